The Morgan fingerprint density at radius 2 is 2.11 bits per heavy atom. The second kappa shape index (κ2) is 4.65. The minimum atomic E-state index is -0.645. The number of nitrogen functional groups attached to an aromatic ring is 1. The van der Waals surface area contributed by atoms with Gasteiger partial charge < -0.3 is 16.2 Å². The standard InChI is InChI=1S/C12H18N6O/c13-11-16-9(8-6-15-18-10(8)17-11)14-7-12(19)4-2-1-3-5-12/h6,19H,1-5,7H2,(H4,13,14,15,16,17,18). The predicted octanol–water partition coefficient (Wildman–Crippen LogP) is 1.04. The lowest BCUT2D eigenvalue weighted by atomic mass is 9.85. The number of H-pyrrole nitrogens is 1. The third-order valence-corrected chi connectivity index (χ3v) is 3.70. The van der Waals surface area contributed by atoms with Gasteiger partial charge in [-0.15, -0.1) is 0 Å². The third kappa shape index (κ3) is 2.46. The summed E-state index contributed by atoms with van der Waals surface area (Å²) in [6, 6.07) is 0. The molecule has 1 fully saturated rings. The van der Waals surface area contributed by atoms with Gasteiger partial charge in [-0.05, 0) is 12.8 Å². The Balaban J connectivity index is 1.79. The minimum absolute atomic E-state index is 0.190. The molecule has 0 saturated heterocycles. The van der Waals surface area contributed by atoms with Gasteiger partial charge in [0, 0.05) is 6.54 Å². The number of fused-ring (bicyclic) bond motifs is 1. The van der Waals surface area contributed by atoms with Crippen LogP contribution in [0.3, 0.4) is 0 Å². The molecule has 0 unspecified atom stereocenters. The number of aromatic nitrogens is 4. The smallest absolute Gasteiger partial charge is 0.224 e. The second-order valence-corrected chi connectivity index (χ2v) is 5.20. The van der Waals surface area contributed by atoms with Crippen molar-refractivity contribution in [2.24, 2.45) is 0 Å². The van der Waals surface area contributed by atoms with Crippen molar-refractivity contribution in [3.63, 3.8) is 0 Å². The van der Waals surface area contributed by atoms with Gasteiger partial charge in [0.25, 0.3) is 0 Å². The fourth-order valence-corrected chi connectivity index (χ4v) is 2.62. The number of anilines is 2. The summed E-state index contributed by atoms with van der Waals surface area (Å²) < 4.78 is 0. The Bertz CT molecular complexity index is 575. The summed E-state index contributed by atoms with van der Waals surface area (Å²) in [4.78, 5) is 8.23. The molecule has 1 aliphatic carbocycles. The molecular weight excluding hydrogens is 244 g/mol. The number of aliphatic hydroxyl groups is 1. The molecule has 0 aliphatic heterocycles. The van der Waals surface area contributed by atoms with Crippen molar-refractivity contribution in [1.82, 2.24) is 20.2 Å². The summed E-state index contributed by atoms with van der Waals surface area (Å²) in [5.74, 6) is 0.810. The molecule has 2 heterocycles. The van der Waals surface area contributed by atoms with Crippen molar-refractivity contribution >= 4 is 22.8 Å². The maximum atomic E-state index is 10.5. The molecule has 0 aromatic carbocycles. The van der Waals surface area contributed by atoms with E-state index >= 15 is 0 Å². The van der Waals surface area contributed by atoms with Crippen LogP contribution in [0.15, 0.2) is 6.20 Å². The first-order valence-electron chi connectivity index (χ1n) is 6.59. The van der Waals surface area contributed by atoms with E-state index in [2.05, 4.69) is 25.5 Å². The van der Waals surface area contributed by atoms with Crippen molar-refractivity contribution in [1.29, 1.82) is 0 Å². The summed E-state index contributed by atoms with van der Waals surface area (Å²) in [7, 11) is 0. The molecule has 0 bridgehead atoms. The van der Waals surface area contributed by atoms with Crippen molar-refractivity contribution in [3.05, 3.63) is 6.20 Å². The molecule has 19 heavy (non-hydrogen) atoms. The van der Waals surface area contributed by atoms with Crippen LogP contribution in [-0.4, -0.2) is 37.4 Å². The van der Waals surface area contributed by atoms with Crippen LogP contribution in [-0.2, 0) is 0 Å². The van der Waals surface area contributed by atoms with E-state index in [9.17, 15) is 5.11 Å². The number of nitrogens with one attached hydrogen (secondary N) is 2. The monoisotopic (exact) mass is 262 g/mol. The number of hydrogen-bond acceptors (Lipinski definition) is 6. The molecular formula is C12H18N6O. The average molecular weight is 262 g/mol. The number of rotatable bonds is 3. The molecule has 0 radical (unpaired) electrons. The van der Waals surface area contributed by atoms with Gasteiger partial charge in [0.2, 0.25) is 5.95 Å². The highest BCUT2D eigenvalue weighted by atomic mass is 16.3. The summed E-state index contributed by atoms with van der Waals surface area (Å²) in [6.45, 7) is 0.476. The van der Waals surface area contributed by atoms with Gasteiger partial charge in [-0.25, -0.2) is 0 Å². The van der Waals surface area contributed by atoms with E-state index in [-0.39, 0.29) is 5.95 Å². The summed E-state index contributed by atoms with van der Waals surface area (Å²) in [6.07, 6.45) is 6.66. The molecule has 0 spiro atoms. The quantitative estimate of drug-likeness (QED) is 0.657. The molecule has 0 atom stereocenters. The highest BCUT2D eigenvalue weighted by molar-refractivity contribution is 5.86. The van der Waals surface area contributed by atoms with Crippen LogP contribution in [0.25, 0.3) is 11.0 Å². The van der Waals surface area contributed by atoms with Crippen LogP contribution in [0, 0.1) is 0 Å². The highest BCUT2D eigenvalue weighted by Gasteiger charge is 2.29. The Morgan fingerprint density at radius 1 is 1.32 bits per heavy atom. The van der Waals surface area contributed by atoms with Gasteiger partial charge in [0.05, 0.1) is 17.2 Å². The van der Waals surface area contributed by atoms with E-state index in [1.807, 2.05) is 0 Å². The average Bonchev–Trinajstić information content (AvgIpc) is 2.85. The maximum absolute atomic E-state index is 10.5. The lowest BCUT2D eigenvalue weighted by Crippen LogP contribution is -2.39. The molecule has 0 amide bonds. The molecule has 2 aromatic heterocycles. The molecule has 7 nitrogen and oxygen atoms in total. The van der Waals surface area contributed by atoms with Crippen LogP contribution in [0.5, 0.6) is 0 Å². The molecule has 7 heteroatoms. The zero-order valence-electron chi connectivity index (χ0n) is 10.7. The lowest BCUT2D eigenvalue weighted by molar-refractivity contribution is 0.0167. The minimum Gasteiger partial charge on any atom is -0.388 e. The fraction of sp³-hybridized carbons (Fsp3) is 0.583. The molecule has 102 valence electrons. The normalized spacial score (nSPS) is 18.6. The predicted molar refractivity (Wildman–Crippen MR) is 72.6 cm³/mol. The first-order valence-corrected chi connectivity index (χ1v) is 6.59. The topological polar surface area (TPSA) is 113 Å². The summed E-state index contributed by atoms with van der Waals surface area (Å²) in [5.41, 5.74) is 5.61. The van der Waals surface area contributed by atoms with E-state index in [0.29, 0.717) is 18.0 Å². The second-order valence-electron chi connectivity index (χ2n) is 5.20. The van der Waals surface area contributed by atoms with E-state index in [1.54, 1.807) is 6.20 Å². The van der Waals surface area contributed by atoms with Gasteiger partial charge in [-0.1, -0.05) is 19.3 Å². The molecule has 2 aromatic rings. The van der Waals surface area contributed by atoms with E-state index in [4.69, 9.17) is 5.73 Å². The number of nitrogens with two attached hydrogens (primary N) is 1. The number of hydrogen-bond donors (Lipinski definition) is 4. The zero-order valence-corrected chi connectivity index (χ0v) is 10.7. The number of nitrogens with zero attached hydrogens (tertiary/aromatic N) is 3. The highest BCUT2D eigenvalue weighted by Crippen LogP contribution is 2.29. The van der Waals surface area contributed by atoms with Crippen LogP contribution in [0.1, 0.15) is 32.1 Å². The Hall–Kier alpha value is -1.89. The number of aromatic amines is 1. The fourth-order valence-electron chi connectivity index (χ4n) is 2.62. The van der Waals surface area contributed by atoms with Crippen LogP contribution in [0.4, 0.5) is 11.8 Å². The third-order valence-electron chi connectivity index (χ3n) is 3.70. The molecule has 5 N–H and O–H groups in total. The zero-order chi connectivity index (χ0) is 13.3. The molecule has 3 rings (SSSR count). The maximum Gasteiger partial charge on any atom is 0.224 e. The van der Waals surface area contributed by atoms with Crippen LogP contribution < -0.4 is 11.1 Å². The first kappa shape index (κ1) is 12.2. The van der Waals surface area contributed by atoms with E-state index in [0.717, 1.165) is 31.1 Å². The van der Waals surface area contributed by atoms with Gasteiger partial charge in [0.15, 0.2) is 5.65 Å². The largest absolute Gasteiger partial charge is 0.388 e. The van der Waals surface area contributed by atoms with Crippen molar-refractivity contribution in [2.45, 2.75) is 37.7 Å². The van der Waals surface area contributed by atoms with Gasteiger partial charge in [-0.2, -0.15) is 15.1 Å². The van der Waals surface area contributed by atoms with Gasteiger partial charge in [0.1, 0.15) is 5.82 Å². The van der Waals surface area contributed by atoms with Gasteiger partial charge in [-0.3, -0.25) is 5.10 Å². The summed E-state index contributed by atoms with van der Waals surface area (Å²) >= 11 is 0. The summed E-state index contributed by atoms with van der Waals surface area (Å²) in [5, 5.41) is 21.1. The lowest BCUT2D eigenvalue weighted by Gasteiger charge is -2.32. The Kier molecular flexibility index (Phi) is 2.98. The van der Waals surface area contributed by atoms with Gasteiger partial charge >= 0.3 is 0 Å². The molecule has 1 saturated carbocycles. The van der Waals surface area contributed by atoms with E-state index in [1.165, 1.54) is 6.42 Å². The van der Waals surface area contributed by atoms with Crippen LogP contribution >= 0.6 is 0 Å². The van der Waals surface area contributed by atoms with Crippen molar-refractivity contribution in [3.8, 4) is 0 Å². The van der Waals surface area contributed by atoms with Crippen molar-refractivity contribution in [2.75, 3.05) is 17.6 Å². The molecule has 1 aliphatic rings. The van der Waals surface area contributed by atoms with Crippen molar-refractivity contribution < 1.29 is 5.11 Å². The van der Waals surface area contributed by atoms with Crippen LogP contribution in [0.2, 0.25) is 0 Å². The van der Waals surface area contributed by atoms with E-state index < -0.39 is 5.60 Å². The Morgan fingerprint density at radius 3 is 2.89 bits per heavy atom. The SMILES string of the molecule is Nc1nc(NCC2(O)CCCCC2)c2cn[nH]c2n1. The Labute approximate surface area is 110 Å². The first-order chi connectivity index (χ1) is 9.16.